The van der Waals surface area contributed by atoms with E-state index in [1.807, 2.05) is 0 Å². The largest absolute Gasteiger partial charge is 0.335 e. The lowest BCUT2D eigenvalue weighted by Crippen LogP contribution is -2.86. The van der Waals surface area contributed by atoms with Crippen LogP contribution in [0.1, 0.15) is 19.3 Å². The van der Waals surface area contributed by atoms with E-state index in [9.17, 15) is 13.2 Å². The average molecular weight is 373 g/mol. The molecule has 1 amide bonds. The van der Waals surface area contributed by atoms with Crippen molar-refractivity contribution in [2.45, 2.75) is 24.2 Å². The fourth-order valence-electron chi connectivity index (χ4n) is 2.55. The number of nitrogens with zero attached hydrogens (tertiary/aromatic N) is 1. The highest BCUT2D eigenvalue weighted by molar-refractivity contribution is 7.89. The second-order valence-electron chi connectivity index (χ2n) is 5.67. The molecule has 6 nitrogen and oxygen atoms in total. The molecule has 0 aromatic heterocycles. The maximum absolute atomic E-state index is 12.7. The Kier molecular flexibility index (Phi) is 6.79. The minimum Gasteiger partial charge on any atom is -0.335 e. The van der Waals surface area contributed by atoms with E-state index in [1.165, 1.54) is 22.5 Å². The Hall–Kier alpha value is -1.41. The highest BCUT2D eigenvalue weighted by atomic mass is 35.5. The number of hydrogen-bond acceptors (Lipinski definition) is 3. The molecule has 1 aliphatic rings. The first kappa shape index (κ1) is 18.9. The van der Waals surface area contributed by atoms with Crippen LogP contribution in [0.15, 0.2) is 35.7 Å². The molecule has 8 heteroatoms. The van der Waals surface area contributed by atoms with Gasteiger partial charge in [0.25, 0.3) is 5.91 Å². The van der Waals surface area contributed by atoms with E-state index < -0.39 is 10.0 Å². The van der Waals surface area contributed by atoms with Crippen LogP contribution in [-0.4, -0.2) is 44.8 Å². The molecule has 2 rings (SSSR count). The van der Waals surface area contributed by atoms with Gasteiger partial charge in [-0.25, -0.2) is 8.42 Å². The number of carbonyl (C=O) groups is 1. The van der Waals surface area contributed by atoms with Crippen molar-refractivity contribution in [3.63, 3.8) is 0 Å². The lowest BCUT2D eigenvalue weighted by Gasteiger charge is -2.26. The van der Waals surface area contributed by atoms with Gasteiger partial charge in [0.15, 0.2) is 6.54 Å². The van der Waals surface area contributed by atoms with Crippen LogP contribution in [0.3, 0.4) is 0 Å². The Morgan fingerprint density at radius 2 is 2.04 bits per heavy atom. The van der Waals surface area contributed by atoms with E-state index in [-0.39, 0.29) is 17.3 Å². The minimum absolute atomic E-state index is 0.152. The van der Waals surface area contributed by atoms with E-state index in [0.29, 0.717) is 30.3 Å². The van der Waals surface area contributed by atoms with Crippen molar-refractivity contribution < 1.29 is 18.5 Å². The molecule has 24 heavy (non-hydrogen) atoms. The number of quaternary nitrogens is 1. The smallest absolute Gasteiger partial charge is 0.279 e. The van der Waals surface area contributed by atoms with Crippen LogP contribution in [0.2, 0.25) is 5.02 Å². The van der Waals surface area contributed by atoms with Crippen molar-refractivity contribution in [3.8, 4) is 0 Å². The summed E-state index contributed by atoms with van der Waals surface area (Å²) in [7, 11) is -3.56. The van der Waals surface area contributed by atoms with Crippen LogP contribution in [0.5, 0.6) is 0 Å². The van der Waals surface area contributed by atoms with Crippen LogP contribution < -0.4 is 10.6 Å². The van der Waals surface area contributed by atoms with E-state index in [2.05, 4.69) is 11.9 Å². The molecule has 1 heterocycles. The lowest BCUT2D eigenvalue weighted by molar-refractivity contribution is -0.634. The number of carbonyl (C=O) groups excluding carboxylic acids is 1. The van der Waals surface area contributed by atoms with Gasteiger partial charge in [0.05, 0.1) is 22.2 Å². The van der Waals surface area contributed by atoms with Gasteiger partial charge in [0.1, 0.15) is 0 Å². The van der Waals surface area contributed by atoms with Crippen LogP contribution in [0.4, 0.5) is 5.69 Å². The van der Waals surface area contributed by atoms with Crippen molar-refractivity contribution in [1.29, 1.82) is 0 Å². The molecule has 132 valence electrons. The molecular weight excluding hydrogens is 350 g/mol. The fraction of sp³-hybridized carbons (Fsp3) is 0.438. The molecule has 1 aliphatic heterocycles. The summed E-state index contributed by atoms with van der Waals surface area (Å²) in [6.07, 6.45) is 4.49. The van der Waals surface area contributed by atoms with Gasteiger partial charge in [0, 0.05) is 13.1 Å². The summed E-state index contributed by atoms with van der Waals surface area (Å²) in [5.74, 6) is -0.244. The summed E-state index contributed by atoms with van der Waals surface area (Å²) in [6.45, 7) is 5.49. The molecule has 1 aromatic rings. The molecule has 0 atom stereocenters. The second-order valence-corrected chi connectivity index (χ2v) is 8.02. The molecule has 0 bridgehead atoms. The topological polar surface area (TPSA) is 83.1 Å². The maximum Gasteiger partial charge on any atom is 0.279 e. The summed E-state index contributed by atoms with van der Waals surface area (Å²) < 4.78 is 26.9. The van der Waals surface area contributed by atoms with Crippen LogP contribution in [-0.2, 0) is 14.8 Å². The number of amides is 1. The Morgan fingerprint density at radius 1 is 1.33 bits per heavy atom. The molecule has 1 fully saturated rings. The van der Waals surface area contributed by atoms with Crippen molar-refractivity contribution in [1.82, 2.24) is 4.31 Å². The predicted octanol–water partition coefficient (Wildman–Crippen LogP) is 1.20. The summed E-state index contributed by atoms with van der Waals surface area (Å²) >= 11 is 6.09. The van der Waals surface area contributed by atoms with Gasteiger partial charge in [-0.3, -0.25) is 4.79 Å². The second kappa shape index (κ2) is 8.62. The zero-order valence-electron chi connectivity index (χ0n) is 13.5. The van der Waals surface area contributed by atoms with Crippen molar-refractivity contribution in [2.75, 3.05) is 31.5 Å². The summed E-state index contributed by atoms with van der Waals surface area (Å²) in [5.41, 5.74) is 0.312. The summed E-state index contributed by atoms with van der Waals surface area (Å²) in [4.78, 5) is 12.1. The number of anilines is 1. The molecule has 3 N–H and O–H groups in total. The Labute approximate surface area is 147 Å². The van der Waals surface area contributed by atoms with E-state index in [0.717, 1.165) is 19.3 Å². The van der Waals surface area contributed by atoms with Crippen molar-refractivity contribution >= 4 is 33.2 Å². The highest BCUT2D eigenvalue weighted by Gasteiger charge is 2.26. The highest BCUT2D eigenvalue weighted by Crippen LogP contribution is 2.28. The monoisotopic (exact) mass is 372 g/mol. The van der Waals surface area contributed by atoms with E-state index in [1.54, 1.807) is 11.4 Å². The molecular formula is C16H23ClN3O3S+. The number of halogens is 1. The zero-order valence-corrected chi connectivity index (χ0v) is 15.1. The minimum atomic E-state index is -3.56. The number of benzene rings is 1. The van der Waals surface area contributed by atoms with Gasteiger partial charge < -0.3 is 10.6 Å². The first-order chi connectivity index (χ1) is 11.4. The van der Waals surface area contributed by atoms with Gasteiger partial charge in [-0.05, 0) is 37.1 Å². The van der Waals surface area contributed by atoms with Crippen LogP contribution in [0, 0.1) is 0 Å². The summed E-state index contributed by atoms with van der Waals surface area (Å²) in [5, 5.41) is 4.76. The van der Waals surface area contributed by atoms with E-state index in [4.69, 9.17) is 11.6 Å². The Balaban J connectivity index is 2.15. The van der Waals surface area contributed by atoms with Gasteiger partial charge in [-0.15, -0.1) is 0 Å². The predicted molar refractivity (Wildman–Crippen MR) is 94.5 cm³/mol. The SMILES string of the molecule is C=CC[NH2+]CC(=O)Nc1cc(S(=O)(=O)N2CCCCC2)ccc1Cl. The van der Waals surface area contributed by atoms with Crippen molar-refractivity contribution in [2.24, 2.45) is 0 Å². The quantitative estimate of drug-likeness (QED) is 0.557. The van der Waals surface area contributed by atoms with Gasteiger partial charge >= 0.3 is 0 Å². The van der Waals surface area contributed by atoms with E-state index >= 15 is 0 Å². The third-order valence-electron chi connectivity index (χ3n) is 3.83. The third kappa shape index (κ3) is 4.80. The zero-order chi connectivity index (χ0) is 17.6. The Morgan fingerprint density at radius 3 is 2.71 bits per heavy atom. The standard InChI is InChI=1S/C16H22ClN3O3S/c1-2-8-18-12-16(21)19-15-11-13(6-7-14(15)17)24(22,23)20-9-4-3-5-10-20/h2,6-7,11,18H,1,3-5,8-10,12H2,(H,19,21)/p+1. The third-order valence-corrected chi connectivity index (χ3v) is 6.05. The molecule has 0 radical (unpaired) electrons. The normalized spacial score (nSPS) is 15.9. The van der Waals surface area contributed by atoms with Crippen LogP contribution >= 0.6 is 11.6 Å². The first-order valence-corrected chi connectivity index (χ1v) is 9.79. The molecule has 0 aliphatic carbocycles. The number of piperidine rings is 1. The lowest BCUT2D eigenvalue weighted by atomic mass is 10.2. The Bertz CT molecular complexity index is 701. The molecule has 0 unspecified atom stereocenters. The molecule has 1 saturated heterocycles. The van der Waals surface area contributed by atoms with Crippen LogP contribution in [0.25, 0.3) is 0 Å². The molecule has 1 aromatic carbocycles. The first-order valence-electron chi connectivity index (χ1n) is 7.97. The number of sulfonamides is 1. The van der Waals surface area contributed by atoms with Gasteiger partial charge in [-0.2, -0.15) is 4.31 Å². The fourth-order valence-corrected chi connectivity index (χ4v) is 4.26. The van der Waals surface area contributed by atoms with Crippen molar-refractivity contribution in [3.05, 3.63) is 35.9 Å². The number of nitrogens with one attached hydrogen (secondary N) is 1. The summed E-state index contributed by atoms with van der Waals surface area (Å²) in [6, 6.07) is 4.41. The average Bonchev–Trinajstić information content (AvgIpc) is 2.58. The van der Waals surface area contributed by atoms with Gasteiger partial charge in [-0.1, -0.05) is 24.6 Å². The number of hydrogen-bond donors (Lipinski definition) is 2. The number of nitrogens with two attached hydrogens (primary N) is 1. The molecule has 0 saturated carbocycles. The van der Waals surface area contributed by atoms with Gasteiger partial charge in [0.2, 0.25) is 10.0 Å². The number of rotatable bonds is 7. The maximum atomic E-state index is 12.7. The molecule has 0 spiro atoms.